The standard InChI is InChI=1S/C15H19N3OS2/c1-4-10(2)11(3)17-18-14(19)9-20-15-16-12-7-5-6-8-13(12)21-15/h5-8,10,17H,3-4,9H2,1-2H3,(H,18,19)/t10-/m0/s1. The summed E-state index contributed by atoms with van der Waals surface area (Å²) in [7, 11) is 0. The maximum absolute atomic E-state index is 11.8. The molecule has 0 unspecified atom stereocenters. The Balaban J connectivity index is 1.80. The molecule has 0 spiro atoms. The van der Waals surface area contributed by atoms with Gasteiger partial charge in [-0.3, -0.25) is 10.2 Å². The fraction of sp³-hybridized carbons (Fsp3) is 0.333. The predicted molar refractivity (Wildman–Crippen MR) is 90.2 cm³/mol. The van der Waals surface area contributed by atoms with Gasteiger partial charge in [0, 0.05) is 5.70 Å². The summed E-state index contributed by atoms with van der Waals surface area (Å²) in [4.78, 5) is 16.3. The van der Waals surface area contributed by atoms with Gasteiger partial charge in [-0.25, -0.2) is 4.98 Å². The number of nitrogens with one attached hydrogen (secondary N) is 2. The SMILES string of the molecule is C=C(NNC(=O)CSc1nc2ccccc2s1)[C@@H](C)CC. The number of nitrogens with zero attached hydrogens (tertiary/aromatic N) is 1. The first kappa shape index (κ1) is 15.9. The van der Waals surface area contributed by atoms with E-state index >= 15 is 0 Å². The number of para-hydroxylation sites is 1. The van der Waals surface area contributed by atoms with E-state index in [1.807, 2.05) is 24.3 Å². The van der Waals surface area contributed by atoms with Crippen LogP contribution in [0.25, 0.3) is 10.2 Å². The third-order valence-electron chi connectivity index (χ3n) is 3.17. The molecule has 4 nitrogen and oxygen atoms in total. The molecule has 1 aromatic carbocycles. The average molecular weight is 321 g/mol. The molecule has 2 rings (SSSR count). The lowest BCUT2D eigenvalue weighted by Gasteiger charge is -2.15. The largest absolute Gasteiger partial charge is 0.303 e. The van der Waals surface area contributed by atoms with Gasteiger partial charge in [-0.05, 0) is 24.5 Å². The lowest BCUT2D eigenvalue weighted by molar-refractivity contribution is -0.119. The quantitative estimate of drug-likeness (QED) is 0.605. The van der Waals surface area contributed by atoms with Crippen LogP contribution in [-0.4, -0.2) is 16.6 Å². The van der Waals surface area contributed by atoms with Gasteiger partial charge < -0.3 is 5.43 Å². The average Bonchev–Trinajstić information content (AvgIpc) is 2.92. The summed E-state index contributed by atoms with van der Waals surface area (Å²) in [5.74, 6) is 0.589. The van der Waals surface area contributed by atoms with Gasteiger partial charge in [0.05, 0.1) is 16.0 Å². The summed E-state index contributed by atoms with van der Waals surface area (Å²) < 4.78 is 2.05. The maximum Gasteiger partial charge on any atom is 0.248 e. The number of thioether (sulfide) groups is 1. The van der Waals surface area contributed by atoms with Gasteiger partial charge in [0.2, 0.25) is 5.91 Å². The molecule has 21 heavy (non-hydrogen) atoms. The van der Waals surface area contributed by atoms with E-state index in [-0.39, 0.29) is 5.91 Å². The van der Waals surface area contributed by atoms with Crippen LogP contribution in [0.1, 0.15) is 20.3 Å². The second-order valence-electron chi connectivity index (χ2n) is 4.74. The third-order valence-corrected chi connectivity index (χ3v) is 5.35. The fourth-order valence-corrected chi connectivity index (χ4v) is 3.46. The van der Waals surface area contributed by atoms with E-state index in [0.717, 1.165) is 26.7 Å². The number of amides is 1. The van der Waals surface area contributed by atoms with Crippen molar-refractivity contribution in [1.29, 1.82) is 0 Å². The summed E-state index contributed by atoms with van der Waals surface area (Å²) >= 11 is 3.05. The van der Waals surface area contributed by atoms with E-state index in [1.54, 1.807) is 11.3 Å². The van der Waals surface area contributed by atoms with Crippen molar-refractivity contribution in [2.24, 2.45) is 5.92 Å². The van der Waals surface area contributed by atoms with Gasteiger partial charge in [-0.2, -0.15) is 0 Å². The Labute approximate surface area is 133 Å². The topological polar surface area (TPSA) is 54.0 Å². The molecule has 0 saturated carbocycles. The summed E-state index contributed by atoms with van der Waals surface area (Å²) in [6.07, 6.45) is 0.988. The Morgan fingerprint density at radius 2 is 2.19 bits per heavy atom. The minimum atomic E-state index is -0.0799. The van der Waals surface area contributed by atoms with Gasteiger partial charge in [-0.15, -0.1) is 11.3 Å². The number of rotatable bonds is 7. The van der Waals surface area contributed by atoms with Crippen LogP contribution in [0.15, 0.2) is 40.9 Å². The van der Waals surface area contributed by atoms with Crippen molar-refractivity contribution in [1.82, 2.24) is 15.8 Å². The number of carbonyl (C=O) groups is 1. The van der Waals surface area contributed by atoms with Gasteiger partial charge >= 0.3 is 0 Å². The molecule has 1 heterocycles. The Kier molecular flexibility index (Phi) is 5.64. The molecule has 1 amide bonds. The number of hydrogen-bond donors (Lipinski definition) is 2. The Hall–Kier alpha value is -1.53. The molecule has 0 aliphatic rings. The first-order valence-electron chi connectivity index (χ1n) is 6.82. The molecule has 2 N–H and O–H groups in total. The number of fused-ring (bicyclic) bond motifs is 1. The van der Waals surface area contributed by atoms with Crippen LogP contribution in [0.3, 0.4) is 0 Å². The predicted octanol–water partition coefficient (Wildman–Crippen LogP) is 3.57. The monoisotopic (exact) mass is 321 g/mol. The van der Waals surface area contributed by atoms with Crippen LogP contribution in [0, 0.1) is 5.92 Å². The molecule has 0 radical (unpaired) electrons. The van der Waals surface area contributed by atoms with Crippen LogP contribution < -0.4 is 10.9 Å². The molecule has 0 fully saturated rings. The molecule has 0 saturated heterocycles. The van der Waals surface area contributed by atoms with E-state index in [2.05, 4.69) is 36.3 Å². The van der Waals surface area contributed by atoms with Crippen molar-refractivity contribution in [2.45, 2.75) is 24.6 Å². The summed E-state index contributed by atoms with van der Waals surface area (Å²) in [5.41, 5.74) is 7.35. The van der Waals surface area contributed by atoms with Crippen molar-refractivity contribution in [2.75, 3.05) is 5.75 Å². The number of hydrogen-bond acceptors (Lipinski definition) is 5. The van der Waals surface area contributed by atoms with Crippen molar-refractivity contribution in [3.8, 4) is 0 Å². The number of benzene rings is 1. The zero-order chi connectivity index (χ0) is 15.2. The highest BCUT2D eigenvalue weighted by Gasteiger charge is 2.08. The Morgan fingerprint density at radius 3 is 2.90 bits per heavy atom. The minimum Gasteiger partial charge on any atom is -0.303 e. The van der Waals surface area contributed by atoms with Crippen LogP contribution in [0.5, 0.6) is 0 Å². The first-order valence-corrected chi connectivity index (χ1v) is 8.62. The normalized spacial score (nSPS) is 12.1. The number of hydrazine groups is 1. The lowest BCUT2D eigenvalue weighted by atomic mass is 10.1. The van der Waals surface area contributed by atoms with Gasteiger partial charge in [-0.1, -0.05) is 44.3 Å². The second-order valence-corrected chi connectivity index (χ2v) is 7.00. The van der Waals surface area contributed by atoms with Crippen molar-refractivity contribution in [3.05, 3.63) is 36.5 Å². The zero-order valence-corrected chi connectivity index (χ0v) is 13.8. The summed E-state index contributed by atoms with van der Waals surface area (Å²) in [6.45, 7) is 8.05. The van der Waals surface area contributed by atoms with E-state index in [4.69, 9.17) is 0 Å². The summed E-state index contributed by atoms with van der Waals surface area (Å²) in [6, 6.07) is 7.97. The van der Waals surface area contributed by atoms with Crippen LogP contribution in [0.2, 0.25) is 0 Å². The third kappa shape index (κ3) is 4.47. The molecule has 112 valence electrons. The van der Waals surface area contributed by atoms with Gasteiger partial charge in [0.15, 0.2) is 4.34 Å². The van der Waals surface area contributed by atoms with Crippen molar-refractivity contribution in [3.63, 3.8) is 0 Å². The second kappa shape index (κ2) is 7.47. The highest BCUT2D eigenvalue weighted by molar-refractivity contribution is 8.01. The maximum atomic E-state index is 11.8. The van der Waals surface area contributed by atoms with Crippen LogP contribution >= 0.6 is 23.1 Å². The van der Waals surface area contributed by atoms with Gasteiger partial charge in [0.1, 0.15) is 0 Å². The number of thiazole rings is 1. The smallest absolute Gasteiger partial charge is 0.248 e. The van der Waals surface area contributed by atoms with Crippen LogP contribution in [0.4, 0.5) is 0 Å². The highest BCUT2D eigenvalue weighted by atomic mass is 32.2. The van der Waals surface area contributed by atoms with E-state index in [1.165, 1.54) is 11.8 Å². The molecular formula is C15H19N3OS2. The fourth-order valence-electron chi connectivity index (χ4n) is 1.60. The van der Waals surface area contributed by atoms with Crippen molar-refractivity contribution >= 4 is 39.2 Å². The number of carbonyl (C=O) groups excluding carboxylic acids is 1. The van der Waals surface area contributed by atoms with Crippen molar-refractivity contribution < 1.29 is 4.79 Å². The molecule has 0 bridgehead atoms. The zero-order valence-electron chi connectivity index (χ0n) is 12.2. The minimum absolute atomic E-state index is 0.0799. The summed E-state index contributed by atoms with van der Waals surface area (Å²) in [5, 5.41) is 0. The lowest BCUT2D eigenvalue weighted by Crippen LogP contribution is -2.39. The molecule has 2 aromatic rings. The molecule has 0 aliphatic heterocycles. The van der Waals surface area contributed by atoms with E-state index < -0.39 is 0 Å². The first-order chi connectivity index (χ1) is 10.1. The number of aromatic nitrogens is 1. The Morgan fingerprint density at radius 1 is 1.43 bits per heavy atom. The Bertz CT molecular complexity index is 606. The molecular weight excluding hydrogens is 302 g/mol. The molecule has 1 aromatic heterocycles. The van der Waals surface area contributed by atoms with Gasteiger partial charge in [0.25, 0.3) is 0 Å². The molecule has 6 heteroatoms. The van der Waals surface area contributed by atoms with E-state index in [9.17, 15) is 4.79 Å². The molecule has 0 aliphatic carbocycles. The molecule has 1 atom stereocenters. The van der Waals surface area contributed by atoms with Crippen LogP contribution in [-0.2, 0) is 4.79 Å². The highest BCUT2D eigenvalue weighted by Crippen LogP contribution is 2.28. The number of allylic oxidation sites excluding steroid dienone is 1. The van der Waals surface area contributed by atoms with E-state index in [0.29, 0.717) is 11.7 Å².